The van der Waals surface area contributed by atoms with Crippen LogP contribution in [0.15, 0.2) is 6.20 Å². The first-order valence-electron chi connectivity index (χ1n) is 7.57. The molecule has 6 nitrogen and oxygen atoms in total. The molecule has 0 radical (unpaired) electrons. The van der Waals surface area contributed by atoms with E-state index < -0.39 is 0 Å². The quantitative estimate of drug-likeness (QED) is 0.886. The minimum Gasteiger partial charge on any atom is -0.335 e. The number of hydrogen-bond acceptors (Lipinski definition) is 4. The second-order valence-corrected chi connectivity index (χ2v) is 5.66. The summed E-state index contributed by atoms with van der Waals surface area (Å²) >= 11 is 0. The van der Waals surface area contributed by atoms with Crippen LogP contribution in [0.4, 0.5) is 0 Å². The summed E-state index contributed by atoms with van der Waals surface area (Å²) in [5, 5.41) is 11.6. The number of hydrogen-bond donors (Lipinski definition) is 1. The van der Waals surface area contributed by atoms with Gasteiger partial charge in [-0.1, -0.05) is 12.1 Å². The number of aromatic nitrogens is 3. The van der Waals surface area contributed by atoms with Crippen LogP contribution in [0.5, 0.6) is 0 Å². The number of amides is 1. The number of rotatable bonds is 5. The van der Waals surface area contributed by atoms with Gasteiger partial charge in [0.1, 0.15) is 0 Å². The summed E-state index contributed by atoms with van der Waals surface area (Å²) in [4.78, 5) is 14.3. The molecule has 1 aliphatic heterocycles. The molecule has 1 aromatic heterocycles. The summed E-state index contributed by atoms with van der Waals surface area (Å²) in [6.45, 7) is 8.91. The molecule has 1 amide bonds. The van der Waals surface area contributed by atoms with E-state index >= 15 is 0 Å². The standard InChI is InChI=1S/C14H25N5O/c1-4-9-18(11(2)3)14(20)13-10-19(17-16-13)12-5-7-15-8-6-12/h10-12,15H,4-9H2,1-3H3. The number of nitrogens with zero attached hydrogens (tertiary/aromatic N) is 4. The lowest BCUT2D eigenvalue weighted by Crippen LogP contribution is -2.37. The van der Waals surface area contributed by atoms with Crippen LogP contribution in [0.1, 0.15) is 56.6 Å². The zero-order chi connectivity index (χ0) is 14.5. The van der Waals surface area contributed by atoms with Crippen LogP contribution in [-0.4, -0.2) is 51.5 Å². The molecule has 112 valence electrons. The van der Waals surface area contributed by atoms with Gasteiger partial charge in [-0.3, -0.25) is 4.79 Å². The Kier molecular flexibility index (Phi) is 5.11. The molecule has 20 heavy (non-hydrogen) atoms. The Morgan fingerprint density at radius 1 is 1.50 bits per heavy atom. The van der Waals surface area contributed by atoms with Gasteiger partial charge in [0.05, 0.1) is 12.2 Å². The van der Waals surface area contributed by atoms with E-state index in [2.05, 4.69) is 22.6 Å². The van der Waals surface area contributed by atoms with E-state index in [9.17, 15) is 4.79 Å². The Balaban J connectivity index is 2.08. The zero-order valence-electron chi connectivity index (χ0n) is 12.7. The Morgan fingerprint density at radius 3 is 2.80 bits per heavy atom. The lowest BCUT2D eigenvalue weighted by molar-refractivity contribution is 0.0699. The minimum atomic E-state index is -0.0120. The lowest BCUT2D eigenvalue weighted by Gasteiger charge is -2.25. The second-order valence-electron chi connectivity index (χ2n) is 5.66. The first-order valence-corrected chi connectivity index (χ1v) is 7.57. The highest BCUT2D eigenvalue weighted by Crippen LogP contribution is 2.17. The summed E-state index contributed by atoms with van der Waals surface area (Å²) in [6, 6.07) is 0.551. The maximum absolute atomic E-state index is 12.5. The van der Waals surface area contributed by atoms with Crippen LogP contribution in [0.25, 0.3) is 0 Å². The van der Waals surface area contributed by atoms with E-state index in [1.54, 1.807) is 0 Å². The van der Waals surface area contributed by atoms with Gasteiger partial charge in [0.15, 0.2) is 5.69 Å². The van der Waals surface area contributed by atoms with Crippen LogP contribution >= 0.6 is 0 Å². The molecule has 1 aliphatic rings. The Bertz CT molecular complexity index is 437. The first kappa shape index (κ1) is 15.0. The van der Waals surface area contributed by atoms with Crippen LogP contribution < -0.4 is 5.32 Å². The normalized spacial score (nSPS) is 16.6. The molecular weight excluding hydrogens is 254 g/mol. The van der Waals surface area contributed by atoms with Gasteiger partial charge >= 0.3 is 0 Å². The third kappa shape index (κ3) is 3.36. The van der Waals surface area contributed by atoms with Gasteiger partial charge in [0.2, 0.25) is 0 Å². The smallest absolute Gasteiger partial charge is 0.276 e. The van der Waals surface area contributed by atoms with E-state index in [4.69, 9.17) is 0 Å². The van der Waals surface area contributed by atoms with Gasteiger partial charge in [-0.15, -0.1) is 5.10 Å². The van der Waals surface area contributed by atoms with Crippen molar-refractivity contribution in [3.05, 3.63) is 11.9 Å². The topological polar surface area (TPSA) is 63.1 Å². The molecule has 0 aromatic carbocycles. The molecule has 6 heteroatoms. The van der Waals surface area contributed by atoms with Crippen molar-refractivity contribution in [2.24, 2.45) is 0 Å². The third-order valence-corrected chi connectivity index (χ3v) is 3.76. The Hall–Kier alpha value is -1.43. The number of carbonyl (C=O) groups excluding carboxylic acids is 1. The van der Waals surface area contributed by atoms with Crippen molar-refractivity contribution < 1.29 is 4.79 Å². The monoisotopic (exact) mass is 279 g/mol. The van der Waals surface area contributed by atoms with Gasteiger partial charge < -0.3 is 10.2 Å². The van der Waals surface area contributed by atoms with Gasteiger partial charge in [-0.2, -0.15) is 0 Å². The van der Waals surface area contributed by atoms with E-state index in [1.807, 2.05) is 29.6 Å². The van der Waals surface area contributed by atoms with Crippen LogP contribution in [0, 0.1) is 0 Å². The summed E-state index contributed by atoms with van der Waals surface area (Å²) in [5.41, 5.74) is 0.464. The highest BCUT2D eigenvalue weighted by molar-refractivity contribution is 5.92. The van der Waals surface area contributed by atoms with E-state index in [0.29, 0.717) is 11.7 Å². The first-order chi connectivity index (χ1) is 9.63. The van der Waals surface area contributed by atoms with Crippen molar-refractivity contribution in [2.75, 3.05) is 19.6 Å². The fourth-order valence-electron chi connectivity index (χ4n) is 2.61. The second kappa shape index (κ2) is 6.83. The SMILES string of the molecule is CCCN(C(=O)c1cn(C2CCNCC2)nn1)C(C)C. The molecule has 0 bridgehead atoms. The van der Waals surface area contributed by atoms with Crippen molar-refractivity contribution in [1.82, 2.24) is 25.2 Å². The largest absolute Gasteiger partial charge is 0.335 e. The molecule has 1 aromatic rings. The molecule has 0 atom stereocenters. The van der Waals surface area contributed by atoms with Crippen LogP contribution in [-0.2, 0) is 0 Å². The summed E-state index contributed by atoms with van der Waals surface area (Å²) in [5.74, 6) is -0.0120. The van der Waals surface area contributed by atoms with E-state index in [1.165, 1.54) is 0 Å². The summed E-state index contributed by atoms with van der Waals surface area (Å²) in [6.07, 6.45) is 4.84. The Morgan fingerprint density at radius 2 is 2.20 bits per heavy atom. The molecule has 0 aliphatic carbocycles. The summed E-state index contributed by atoms with van der Waals surface area (Å²) in [7, 11) is 0. The highest BCUT2D eigenvalue weighted by Gasteiger charge is 2.23. The fraction of sp³-hybridized carbons (Fsp3) is 0.786. The number of carbonyl (C=O) groups is 1. The lowest BCUT2D eigenvalue weighted by atomic mass is 10.1. The molecule has 1 fully saturated rings. The molecule has 2 heterocycles. The Labute approximate surface area is 120 Å². The summed E-state index contributed by atoms with van der Waals surface area (Å²) < 4.78 is 1.86. The van der Waals surface area contributed by atoms with Gasteiger partial charge in [0, 0.05) is 12.6 Å². The third-order valence-electron chi connectivity index (χ3n) is 3.76. The maximum Gasteiger partial charge on any atom is 0.276 e. The molecule has 1 N–H and O–H groups in total. The van der Waals surface area contributed by atoms with Crippen LogP contribution in [0.3, 0.4) is 0 Å². The van der Waals surface area contributed by atoms with E-state index in [0.717, 1.165) is 38.9 Å². The molecule has 1 saturated heterocycles. The van der Waals surface area contributed by atoms with Crippen molar-refractivity contribution in [2.45, 2.75) is 52.1 Å². The van der Waals surface area contributed by atoms with Gasteiger partial charge in [0.25, 0.3) is 5.91 Å². The van der Waals surface area contributed by atoms with Crippen molar-refractivity contribution in [3.8, 4) is 0 Å². The molecule has 0 saturated carbocycles. The zero-order valence-corrected chi connectivity index (χ0v) is 12.7. The molecule has 0 spiro atoms. The van der Waals surface area contributed by atoms with Crippen molar-refractivity contribution in [1.29, 1.82) is 0 Å². The molecule has 0 unspecified atom stereocenters. The number of piperidine rings is 1. The van der Waals surface area contributed by atoms with Gasteiger partial charge in [-0.25, -0.2) is 4.68 Å². The van der Waals surface area contributed by atoms with Gasteiger partial charge in [-0.05, 0) is 46.2 Å². The number of nitrogens with one attached hydrogen (secondary N) is 1. The predicted octanol–water partition coefficient (Wildman–Crippen LogP) is 1.46. The average Bonchev–Trinajstić information content (AvgIpc) is 2.94. The maximum atomic E-state index is 12.5. The molecule has 2 rings (SSSR count). The van der Waals surface area contributed by atoms with E-state index in [-0.39, 0.29) is 11.9 Å². The molecular formula is C14H25N5O. The highest BCUT2D eigenvalue weighted by atomic mass is 16.2. The minimum absolute atomic E-state index is 0.0120. The fourth-order valence-corrected chi connectivity index (χ4v) is 2.61. The van der Waals surface area contributed by atoms with Crippen LogP contribution in [0.2, 0.25) is 0 Å². The van der Waals surface area contributed by atoms with Crippen molar-refractivity contribution in [3.63, 3.8) is 0 Å². The predicted molar refractivity (Wildman–Crippen MR) is 77.6 cm³/mol. The average molecular weight is 279 g/mol. The van der Waals surface area contributed by atoms with Crippen molar-refractivity contribution >= 4 is 5.91 Å².